The molecule has 0 aromatic heterocycles. The molecule has 0 aromatic carbocycles. The molecule has 1 rings (SSSR count). The Morgan fingerprint density at radius 1 is 1.56 bits per heavy atom. The number of nitrogens with two attached hydrogens (primary N) is 1. The highest BCUT2D eigenvalue weighted by atomic mass is 16.5. The number of ether oxygens (including phenoxy) is 1. The van der Waals surface area contributed by atoms with Gasteiger partial charge in [-0.2, -0.15) is 0 Å². The molecule has 1 aliphatic heterocycles. The molecule has 1 saturated heterocycles. The highest BCUT2D eigenvalue weighted by Gasteiger charge is 2.42. The third kappa shape index (κ3) is 4.23. The lowest BCUT2D eigenvalue weighted by Crippen LogP contribution is -2.53. The molecule has 0 aromatic rings. The number of carboxylic acid groups (broad SMARTS) is 1. The zero-order chi connectivity index (χ0) is 13.8. The van der Waals surface area contributed by atoms with Crippen molar-refractivity contribution in [3.63, 3.8) is 0 Å². The van der Waals surface area contributed by atoms with Gasteiger partial charge in [-0.25, -0.2) is 0 Å². The Bertz CT molecular complexity index is 288. The van der Waals surface area contributed by atoms with E-state index in [9.17, 15) is 9.90 Å². The van der Waals surface area contributed by atoms with Crippen LogP contribution >= 0.6 is 0 Å². The van der Waals surface area contributed by atoms with Gasteiger partial charge in [0, 0.05) is 32.3 Å². The molecule has 106 valence electrons. The largest absolute Gasteiger partial charge is 0.481 e. The summed E-state index contributed by atoms with van der Waals surface area (Å²) in [6.45, 7) is 6.68. The fraction of sp³-hybridized carbons (Fsp3) is 0.923. The number of hydrogen-bond acceptors (Lipinski definition) is 4. The highest BCUT2D eigenvalue weighted by molar-refractivity contribution is 5.75. The molecule has 5 heteroatoms. The summed E-state index contributed by atoms with van der Waals surface area (Å²) in [5.41, 5.74) is 5.06. The lowest BCUT2D eigenvalue weighted by atomic mass is 9.77. The van der Waals surface area contributed by atoms with Crippen molar-refractivity contribution < 1.29 is 14.6 Å². The van der Waals surface area contributed by atoms with Crippen LogP contribution < -0.4 is 5.73 Å². The Morgan fingerprint density at radius 2 is 2.22 bits per heavy atom. The number of rotatable bonds is 6. The van der Waals surface area contributed by atoms with Crippen LogP contribution in [0.5, 0.6) is 0 Å². The van der Waals surface area contributed by atoms with Crippen LogP contribution in [-0.2, 0) is 9.53 Å². The smallest absolute Gasteiger partial charge is 0.311 e. The third-order valence-electron chi connectivity index (χ3n) is 3.53. The number of piperidine rings is 1. The predicted molar refractivity (Wildman–Crippen MR) is 70.5 cm³/mol. The molecule has 0 unspecified atom stereocenters. The number of methoxy groups -OCH3 is 1. The summed E-state index contributed by atoms with van der Waals surface area (Å²) in [7, 11) is 1.61. The van der Waals surface area contributed by atoms with Gasteiger partial charge in [0.15, 0.2) is 0 Å². The maximum atomic E-state index is 11.6. The SMILES string of the molecule is COCC[C@]1(C(=O)O)CCCN(CC(C)(C)N)C1. The molecular formula is C13H26N2O3. The van der Waals surface area contributed by atoms with Crippen molar-refractivity contribution in [3.05, 3.63) is 0 Å². The molecular weight excluding hydrogens is 232 g/mol. The molecule has 0 spiro atoms. The first-order valence-corrected chi connectivity index (χ1v) is 6.53. The minimum absolute atomic E-state index is 0.289. The van der Waals surface area contributed by atoms with Crippen molar-refractivity contribution in [2.45, 2.75) is 38.6 Å². The second-order valence-electron chi connectivity index (χ2n) is 6.13. The van der Waals surface area contributed by atoms with Crippen molar-refractivity contribution in [3.8, 4) is 0 Å². The van der Waals surface area contributed by atoms with Crippen LogP contribution in [-0.4, -0.2) is 54.9 Å². The van der Waals surface area contributed by atoms with Crippen molar-refractivity contribution in [2.75, 3.05) is 33.4 Å². The van der Waals surface area contributed by atoms with Gasteiger partial charge in [-0.15, -0.1) is 0 Å². The second kappa shape index (κ2) is 5.99. The average molecular weight is 258 g/mol. The van der Waals surface area contributed by atoms with E-state index in [1.165, 1.54) is 0 Å². The standard InChI is InChI=1S/C13H26N2O3/c1-12(2,14)9-15-7-4-5-13(10-15,11(16)17)6-8-18-3/h4-10,14H2,1-3H3,(H,16,17)/t13-/m1/s1. The number of aliphatic carboxylic acids is 1. The normalized spacial score (nSPS) is 26.2. The summed E-state index contributed by atoms with van der Waals surface area (Å²) < 4.78 is 5.05. The lowest BCUT2D eigenvalue weighted by molar-refractivity contribution is -0.154. The Kier molecular flexibility index (Phi) is 5.13. The maximum Gasteiger partial charge on any atom is 0.311 e. The number of carbonyl (C=O) groups is 1. The van der Waals surface area contributed by atoms with Crippen molar-refractivity contribution >= 4 is 5.97 Å². The van der Waals surface area contributed by atoms with Crippen LogP contribution in [0.25, 0.3) is 0 Å². The number of likely N-dealkylation sites (tertiary alicyclic amines) is 1. The summed E-state index contributed by atoms with van der Waals surface area (Å²) in [5, 5.41) is 9.52. The molecule has 3 N–H and O–H groups in total. The monoisotopic (exact) mass is 258 g/mol. The van der Waals surface area contributed by atoms with Gasteiger partial charge in [0.1, 0.15) is 0 Å². The number of hydrogen-bond donors (Lipinski definition) is 2. The first kappa shape index (κ1) is 15.4. The number of nitrogens with zero attached hydrogens (tertiary/aromatic N) is 1. The molecule has 1 heterocycles. The Labute approximate surface area is 109 Å². The van der Waals surface area contributed by atoms with Crippen LogP contribution in [0.4, 0.5) is 0 Å². The fourth-order valence-electron chi connectivity index (χ4n) is 2.72. The van der Waals surface area contributed by atoms with E-state index in [4.69, 9.17) is 10.5 Å². The second-order valence-corrected chi connectivity index (χ2v) is 6.13. The van der Waals surface area contributed by atoms with Crippen LogP contribution in [0, 0.1) is 5.41 Å². The molecule has 5 nitrogen and oxygen atoms in total. The van der Waals surface area contributed by atoms with Gasteiger partial charge < -0.3 is 20.5 Å². The Morgan fingerprint density at radius 3 is 2.72 bits per heavy atom. The molecule has 0 radical (unpaired) electrons. The number of carboxylic acids is 1. The highest BCUT2D eigenvalue weighted by Crippen LogP contribution is 2.34. The van der Waals surface area contributed by atoms with E-state index in [-0.39, 0.29) is 5.54 Å². The molecule has 0 amide bonds. The average Bonchev–Trinajstić information content (AvgIpc) is 2.24. The quantitative estimate of drug-likeness (QED) is 0.741. The Hall–Kier alpha value is -0.650. The minimum atomic E-state index is -0.709. The van der Waals surface area contributed by atoms with Crippen molar-refractivity contribution in [2.24, 2.45) is 11.1 Å². The summed E-state index contributed by atoms with van der Waals surface area (Å²) in [4.78, 5) is 13.8. The third-order valence-corrected chi connectivity index (χ3v) is 3.53. The van der Waals surface area contributed by atoms with Crippen LogP contribution in [0.3, 0.4) is 0 Å². The van der Waals surface area contributed by atoms with Crippen molar-refractivity contribution in [1.29, 1.82) is 0 Å². The van der Waals surface area contributed by atoms with Gasteiger partial charge in [0.25, 0.3) is 0 Å². The topological polar surface area (TPSA) is 75.8 Å². The molecule has 0 bridgehead atoms. The van der Waals surface area contributed by atoms with Gasteiger partial charge in [-0.05, 0) is 39.7 Å². The summed E-state index contributed by atoms with van der Waals surface area (Å²) in [6, 6.07) is 0. The van der Waals surface area contributed by atoms with Crippen LogP contribution in [0.1, 0.15) is 33.1 Å². The van der Waals surface area contributed by atoms with Gasteiger partial charge in [-0.3, -0.25) is 4.79 Å². The van der Waals surface area contributed by atoms with Crippen LogP contribution in [0.2, 0.25) is 0 Å². The van der Waals surface area contributed by atoms with Gasteiger partial charge in [-0.1, -0.05) is 0 Å². The zero-order valence-electron chi connectivity index (χ0n) is 11.7. The fourth-order valence-corrected chi connectivity index (χ4v) is 2.72. The lowest BCUT2D eigenvalue weighted by Gasteiger charge is -2.42. The summed E-state index contributed by atoms with van der Waals surface area (Å²) in [6.07, 6.45) is 2.21. The van der Waals surface area contributed by atoms with E-state index in [1.54, 1.807) is 7.11 Å². The predicted octanol–water partition coefficient (Wildman–Crippen LogP) is 0.927. The van der Waals surface area contributed by atoms with E-state index >= 15 is 0 Å². The molecule has 18 heavy (non-hydrogen) atoms. The van der Waals surface area contributed by atoms with E-state index in [2.05, 4.69) is 4.90 Å². The first-order chi connectivity index (χ1) is 8.29. The summed E-state index contributed by atoms with van der Waals surface area (Å²) >= 11 is 0. The van der Waals surface area contributed by atoms with E-state index in [0.717, 1.165) is 25.9 Å². The summed E-state index contributed by atoms with van der Waals surface area (Å²) in [5.74, 6) is -0.709. The zero-order valence-corrected chi connectivity index (χ0v) is 11.7. The molecule has 1 aliphatic rings. The molecule has 1 atom stereocenters. The molecule has 0 aliphatic carbocycles. The van der Waals surface area contributed by atoms with Crippen molar-refractivity contribution in [1.82, 2.24) is 4.90 Å². The maximum absolute atomic E-state index is 11.6. The van der Waals surface area contributed by atoms with E-state index in [1.807, 2.05) is 13.8 Å². The van der Waals surface area contributed by atoms with Crippen LogP contribution in [0.15, 0.2) is 0 Å². The van der Waals surface area contributed by atoms with E-state index in [0.29, 0.717) is 19.6 Å². The first-order valence-electron chi connectivity index (χ1n) is 6.53. The van der Waals surface area contributed by atoms with E-state index < -0.39 is 11.4 Å². The van der Waals surface area contributed by atoms with Gasteiger partial charge in [0.2, 0.25) is 0 Å². The van der Waals surface area contributed by atoms with Gasteiger partial charge >= 0.3 is 5.97 Å². The molecule has 1 fully saturated rings. The van der Waals surface area contributed by atoms with Gasteiger partial charge in [0.05, 0.1) is 5.41 Å². The molecule has 0 saturated carbocycles. The Balaban J connectivity index is 2.70. The minimum Gasteiger partial charge on any atom is -0.481 e.